The molecule has 0 aliphatic carbocycles. The van der Waals surface area contributed by atoms with E-state index in [1.807, 2.05) is 6.92 Å². The first-order valence-electron chi connectivity index (χ1n) is 3.52. The van der Waals surface area contributed by atoms with Crippen molar-refractivity contribution in [2.75, 3.05) is 5.32 Å². The van der Waals surface area contributed by atoms with E-state index in [0.717, 1.165) is 5.56 Å². The van der Waals surface area contributed by atoms with E-state index in [9.17, 15) is 9.70 Å². The number of anilines is 1. The number of nitrogens with one attached hydrogen (secondary N) is 1. The van der Waals surface area contributed by atoms with Crippen LogP contribution in [0.4, 0.5) is 11.4 Å². The SMILES string of the molecule is Cc1cc(Br)c(N=O)cc1NC=O. The lowest BCUT2D eigenvalue weighted by atomic mass is 10.2. The van der Waals surface area contributed by atoms with E-state index in [0.29, 0.717) is 16.6 Å². The Kier molecular flexibility index (Phi) is 3.13. The minimum atomic E-state index is 0.273. The molecule has 0 aliphatic rings. The number of amides is 1. The molecule has 0 atom stereocenters. The number of benzene rings is 1. The quantitative estimate of drug-likeness (QED) is 0.655. The third-order valence-electron chi connectivity index (χ3n) is 1.61. The first-order valence-corrected chi connectivity index (χ1v) is 4.32. The summed E-state index contributed by atoms with van der Waals surface area (Å²) >= 11 is 3.18. The second-order valence-electron chi connectivity index (χ2n) is 2.47. The van der Waals surface area contributed by atoms with Crippen molar-refractivity contribution < 1.29 is 4.79 Å². The van der Waals surface area contributed by atoms with Crippen molar-refractivity contribution in [3.8, 4) is 0 Å². The number of nitroso groups, excluding NO2 is 1. The van der Waals surface area contributed by atoms with Crippen molar-refractivity contribution in [1.29, 1.82) is 0 Å². The van der Waals surface area contributed by atoms with Crippen LogP contribution in [0.1, 0.15) is 5.56 Å². The summed E-state index contributed by atoms with van der Waals surface area (Å²) in [5.74, 6) is 0. The molecular formula is C8H7BrN2O2. The summed E-state index contributed by atoms with van der Waals surface area (Å²) in [6.07, 6.45) is 0.560. The zero-order valence-electron chi connectivity index (χ0n) is 6.87. The summed E-state index contributed by atoms with van der Waals surface area (Å²) < 4.78 is 0.622. The van der Waals surface area contributed by atoms with Gasteiger partial charge in [-0.05, 0) is 45.7 Å². The third-order valence-corrected chi connectivity index (χ3v) is 2.24. The smallest absolute Gasteiger partial charge is 0.211 e. The molecule has 0 heterocycles. The fourth-order valence-electron chi connectivity index (χ4n) is 0.950. The van der Waals surface area contributed by atoms with Gasteiger partial charge in [-0.3, -0.25) is 4.79 Å². The van der Waals surface area contributed by atoms with E-state index in [1.54, 1.807) is 6.07 Å². The topological polar surface area (TPSA) is 58.5 Å². The van der Waals surface area contributed by atoms with Crippen LogP contribution in [0, 0.1) is 11.8 Å². The van der Waals surface area contributed by atoms with Gasteiger partial charge < -0.3 is 5.32 Å². The van der Waals surface area contributed by atoms with E-state index in [2.05, 4.69) is 26.4 Å². The van der Waals surface area contributed by atoms with Crippen molar-refractivity contribution in [3.05, 3.63) is 27.1 Å². The monoisotopic (exact) mass is 242 g/mol. The minimum absolute atomic E-state index is 0.273. The number of rotatable bonds is 3. The van der Waals surface area contributed by atoms with E-state index >= 15 is 0 Å². The number of hydrogen-bond acceptors (Lipinski definition) is 3. The van der Waals surface area contributed by atoms with Gasteiger partial charge >= 0.3 is 0 Å². The summed E-state index contributed by atoms with van der Waals surface area (Å²) in [6, 6.07) is 3.24. The Bertz CT molecular complexity index is 352. The maximum atomic E-state index is 10.3. The van der Waals surface area contributed by atoms with Gasteiger partial charge in [-0.25, -0.2) is 0 Å². The van der Waals surface area contributed by atoms with Crippen molar-refractivity contribution >= 4 is 33.7 Å². The summed E-state index contributed by atoms with van der Waals surface area (Å²) in [5, 5.41) is 5.28. The predicted octanol–water partition coefficient (Wildman–Crippen LogP) is 2.72. The third kappa shape index (κ3) is 2.12. The number of halogens is 1. The van der Waals surface area contributed by atoms with Gasteiger partial charge in [0.15, 0.2) is 0 Å². The van der Waals surface area contributed by atoms with E-state index < -0.39 is 0 Å². The van der Waals surface area contributed by atoms with Gasteiger partial charge in [0.25, 0.3) is 0 Å². The van der Waals surface area contributed by atoms with Gasteiger partial charge in [0.2, 0.25) is 6.41 Å². The summed E-state index contributed by atoms with van der Waals surface area (Å²) in [5.41, 5.74) is 1.73. The molecule has 4 nitrogen and oxygen atoms in total. The van der Waals surface area contributed by atoms with Crippen LogP contribution < -0.4 is 5.32 Å². The molecule has 5 heteroatoms. The molecule has 1 rings (SSSR count). The highest BCUT2D eigenvalue weighted by atomic mass is 79.9. The minimum Gasteiger partial charge on any atom is -0.328 e. The fourth-order valence-corrected chi connectivity index (χ4v) is 1.48. The van der Waals surface area contributed by atoms with Crippen LogP contribution in [0.3, 0.4) is 0 Å². The van der Waals surface area contributed by atoms with Crippen molar-refractivity contribution in [1.82, 2.24) is 0 Å². The summed E-state index contributed by atoms with van der Waals surface area (Å²) in [6.45, 7) is 1.82. The summed E-state index contributed by atoms with van der Waals surface area (Å²) in [4.78, 5) is 20.5. The molecule has 13 heavy (non-hydrogen) atoms. The Balaban J connectivity index is 3.21. The van der Waals surface area contributed by atoms with Crippen molar-refractivity contribution in [2.24, 2.45) is 5.18 Å². The first-order chi connectivity index (χ1) is 6.19. The predicted molar refractivity (Wildman–Crippen MR) is 54.0 cm³/mol. The average molecular weight is 243 g/mol. The van der Waals surface area contributed by atoms with Crippen LogP contribution in [0.5, 0.6) is 0 Å². The number of carbonyl (C=O) groups is 1. The number of carbonyl (C=O) groups excluding carboxylic acids is 1. The molecule has 1 N–H and O–H groups in total. The second-order valence-corrected chi connectivity index (χ2v) is 3.33. The lowest BCUT2D eigenvalue weighted by Gasteiger charge is -2.05. The van der Waals surface area contributed by atoms with Gasteiger partial charge in [0.1, 0.15) is 5.69 Å². The van der Waals surface area contributed by atoms with Gasteiger partial charge in [-0.2, -0.15) is 0 Å². The molecule has 0 fully saturated rings. The van der Waals surface area contributed by atoms with Crippen LogP contribution >= 0.6 is 15.9 Å². The highest BCUT2D eigenvalue weighted by Crippen LogP contribution is 2.30. The fraction of sp³-hybridized carbons (Fsp3) is 0.125. The van der Waals surface area contributed by atoms with Gasteiger partial charge in [-0.1, -0.05) is 0 Å². The van der Waals surface area contributed by atoms with Crippen molar-refractivity contribution in [2.45, 2.75) is 6.92 Å². The van der Waals surface area contributed by atoms with Gasteiger partial charge in [0, 0.05) is 10.2 Å². The maximum Gasteiger partial charge on any atom is 0.211 e. The molecule has 0 aromatic heterocycles. The normalized spacial score (nSPS) is 9.38. The second kappa shape index (κ2) is 4.13. The van der Waals surface area contributed by atoms with Crippen LogP contribution in [-0.4, -0.2) is 6.41 Å². The Labute approximate surface area is 83.4 Å². The molecule has 0 radical (unpaired) electrons. The molecule has 0 aliphatic heterocycles. The molecule has 1 amide bonds. The first kappa shape index (κ1) is 9.85. The van der Waals surface area contributed by atoms with Gasteiger partial charge in [-0.15, -0.1) is 4.91 Å². The summed E-state index contributed by atoms with van der Waals surface area (Å²) in [7, 11) is 0. The molecule has 0 unspecified atom stereocenters. The highest BCUT2D eigenvalue weighted by molar-refractivity contribution is 9.10. The van der Waals surface area contributed by atoms with Crippen LogP contribution in [0.25, 0.3) is 0 Å². The van der Waals surface area contributed by atoms with Gasteiger partial charge in [0.05, 0.1) is 0 Å². The zero-order valence-corrected chi connectivity index (χ0v) is 8.46. The highest BCUT2D eigenvalue weighted by Gasteiger charge is 2.04. The Morgan fingerprint density at radius 1 is 1.54 bits per heavy atom. The molecule has 0 saturated carbocycles. The number of aryl methyl sites for hydroxylation is 1. The van der Waals surface area contributed by atoms with Crippen molar-refractivity contribution in [3.63, 3.8) is 0 Å². The number of hydrogen-bond donors (Lipinski definition) is 1. The molecule has 1 aromatic carbocycles. The van der Waals surface area contributed by atoms with Crippen LogP contribution in [-0.2, 0) is 4.79 Å². The Morgan fingerprint density at radius 3 is 2.77 bits per heavy atom. The zero-order chi connectivity index (χ0) is 9.84. The van der Waals surface area contributed by atoms with Crippen LogP contribution in [0.15, 0.2) is 21.8 Å². The molecule has 1 aromatic rings. The Hall–Kier alpha value is -1.23. The molecule has 0 saturated heterocycles. The largest absolute Gasteiger partial charge is 0.328 e. The van der Waals surface area contributed by atoms with E-state index in [4.69, 9.17) is 0 Å². The molecule has 68 valence electrons. The lowest BCUT2D eigenvalue weighted by molar-refractivity contribution is -0.105. The lowest BCUT2D eigenvalue weighted by Crippen LogP contribution is -1.95. The molecular weight excluding hydrogens is 236 g/mol. The Morgan fingerprint density at radius 2 is 2.23 bits per heavy atom. The van der Waals surface area contributed by atoms with Crippen LogP contribution in [0.2, 0.25) is 0 Å². The van der Waals surface area contributed by atoms with E-state index in [-0.39, 0.29) is 5.69 Å². The standard InChI is InChI=1S/C8H7BrN2O2/c1-5-2-6(9)8(11-13)3-7(5)10-4-12/h2-4H,1H3,(H,10,12). The average Bonchev–Trinajstić information content (AvgIpc) is 2.10. The maximum absolute atomic E-state index is 10.3. The van der Waals surface area contributed by atoms with E-state index in [1.165, 1.54) is 6.07 Å². The number of nitrogens with zero attached hydrogens (tertiary/aromatic N) is 1. The molecule has 0 spiro atoms. The molecule has 0 bridgehead atoms.